The molecule has 34 heavy (non-hydrogen) atoms. The second-order valence-corrected chi connectivity index (χ2v) is 9.02. The van der Waals surface area contributed by atoms with Crippen molar-refractivity contribution in [3.8, 4) is 0 Å². The van der Waals surface area contributed by atoms with Crippen LogP contribution in [0.4, 0.5) is 11.4 Å². The minimum Gasteiger partial charge on any atom is -0.454 e. The lowest BCUT2D eigenvalue weighted by atomic mass is 9.76. The standard InChI is InChI=1S/C24H21ClN2O7/c1-13-5-7-17-18(9-13)23(30)26(22(17)29)16-4-2-3-15(10-16)24(31)34-12-21(28)14-6-8-19(25)20(11-14)27(32)33/h2-4,6,8,10-11,13,17-18H,5,7,9,12H2,1H3. The topological polar surface area (TPSA) is 124 Å². The van der Waals surface area contributed by atoms with E-state index in [2.05, 4.69) is 6.92 Å². The fraction of sp³-hybridized carbons (Fsp3) is 0.333. The Kier molecular flexibility index (Phi) is 6.47. The first kappa shape index (κ1) is 23.6. The molecule has 2 aromatic carbocycles. The zero-order valence-electron chi connectivity index (χ0n) is 18.2. The third-order valence-electron chi connectivity index (χ3n) is 6.33. The van der Waals surface area contributed by atoms with Gasteiger partial charge in [-0.15, -0.1) is 0 Å². The Morgan fingerprint density at radius 1 is 1.09 bits per heavy atom. The fourth-order valence-corrected chi connectivity index (χ4v) is 4.73. The molecule has 2 amide bonds. The molecule has 1 heterocycles. The molecule has 0 N–H and O–H groups in total. The highest BCUT2D eigenvalue weighted by Gasteiger charge is 2.50. The van der Waals surface area contributed by atoms with Gasteiger partial charge in [-0.25, -0.2) is 4.79 Å². The van der Waals surface area contributed by atoms with Gasteiger partial charge in [-0.05, 0) is 55.5 Å². The van der Waals surface area contributed by atoms with Crippen molar-refractivity contribution in [1.29, 1.82) is 0 Å². The SMILES string of the molecule is CC1CCC2C(=O)N(c3cccc(C(=O)OCC(=O)c4ccc(Cl)c([N+](=O)[O-])c4)c3)C(=O)C2C1. The summed E-state index contributed by atoms with van der Waals surface area (Å²) in [6, 6.07) is 9.48. The number of ketones is 1. The lowest BCUT2D eigenvalue weighted by Gasteiger charge is -2.25. The average molecular weight is 485 g/mol. The second-order valence-electron chi connectivity index (χ2n) is 8.62. The quantitative estimate of drug-likeness (QED) is 0.198. The summed E-state index contributed by atoms with van der Waals surface area (Å²) in [6.07, 6.45) is 2.23. The number of Topliss-reactive ketones (excluding diaryl/α,β-unsaturated/α-hetero) is 1. The summed E-state index contributed by atoms with van der Waals surface area (Å²) in [6.45, 7) is 1.42. The number of imide groups is 1. The molecule has 1 aliphatic carbocycles. The molecule has 2 fully saturated rings. The molecule has 176 valence electrons. The molecule has 1 saturated heterocycles. The molecule has 4 rings (SSSR count). The number of carbonyl (C=O) groups excluding carboxylic acids is 4. The van der Waals surface area contributed by atoms with E-state index in [1.807, 2.05) is 0 Å². The molecule has 0 radical (unpaired) electrons. The first-order valence-electron chi connectivity index (χ1n) is 10.8. The Bertz CT molecular complexity index is 1210. The molecule has 3 atom stereocenters. The summed E-state index contributed by atoms with van der Waals surface area (Å²) in [5.74, 6) is -2.29. The van der Waals surface area contributed by atoms with Gasteiger partial charge in [0.05, 0.1) is 28.0 Å². The van der Waals surface area contributed by atoms with E-state index in [0.29, 0.717) is 18.8 Å². The zero-order valence-corrected chi connectivity index (χ0v) is 19.0. The van der Waals surface area contributed by atoms with Gasteiger partial charge in [0.2, 0.25) is 17.6 Å². The molecule has 2 aromatic rings. The molecule has 10 heteroatoms. The average Bonchev–Trinajstić information content (AvgIpc) is 3.06. The van der Waals surface area contributed by atoms with Gasteiger partial charge in [-0.2, -0.15) is 0 Å². The van der Waals surface area contributed by atoms with Crippen LogP contribution in [0, 0.1) is 27.9 Å². The van der Waals surface area contributed by atoms with Gasteiger partial charge in [-0.1, -0.05) is 24.6 Å². The number of amides is 2. The molecule has 9 nitrogen and oxygen atoms in total. The van der Waals surface area contributed by atoms with E-state index in [1.54, 1.807) is 6.07 Å². The summed E-state index contributed by atoms with van der Waals surface area (Å²) < 4.78 is 5.08. The third-order valence-corrected chi connectivity index (χ3v) is 6.65. The van der Waals surface area contributed by atoms with E-state index in [9.17, 15) is 29.3 Å². The maximum Gasteiger partial charge on any atom is 0.338 e. The number of esters is 1. The van der Waals surface area contributed by atoms with Crippen LogP contribution in [0.25, 0.3) is 0 Å². The normalized spacial score (nSPS) is 21.8. The van der Waals surface area contributed by atoms with Gasteiger partial charge in [0.1, 0.15) is 5.02 Å². The number of ether oxygens (including phenoxy) is 1. The van der Waals surface area contributed by atoms with Crippen LogP contribution in [0.15, 0.2) is 42.5 Å². The Labute approximate surface area is 199 Å². The van der Waals surface area contributed by atoms with Crippen molar-refractivity contribution in [1.82, 2.24) is 0 Å². The fourth-order valence-electron chi connectivity index (χ4n) is 4.54. The number of anilines is 1. The number of carbonyl (C=O) groups is 4. The molecule has 0 bridgehead atoms. The predicted molar refractivity (Wildman–Crippen MR) is 122 cm³/mol. The Morgan fingerprint density at radius 3 is 2.56 bits per heavy atom. The number of nitro groups is 1. The number of fused-ring (bicyclic) bond motifs is 1. The highest BCUT2D eigenvalue weighted by molar-refractivity contribution is 6.32. The first-order valence-corrected chi connectivity index (χ1v) is 11.2. The van der Waals surface area contributed by atoms with Crippen LogP contribution >= 0.6 is 11.6 Å². The molecule has 2 aliphatic rings. The van der Waals surface area contributed by atoms with E-state index in [-0.39, 0.29) is 45.5 Å². The van der Waals surface area contributed by atoms with E-state index < -0.39 is 29.0 Å². The van der Waals surface area contributed by atoms with E-state index in [0.717, 1.165) is 17.4 Å². The van der Waals surface area contributed by atoms with Crippen molar-refractivity contribution in [2.75, 3.05) is 11.5 Å². The van der Waals surface area contributed by atoms with Gasteiger partial charge in [0.15, 0.2) is 6.61 Å². The monoisotopic (exact) mass is 484 g/mol. The van der Waals surface area contributed by atoms with Crippen LogP contribution in [0.2, 0.25) is 5.02 Å². The van der Waals surface area contributed by atoms with Crippen LogP contribution in [0.5, 0.6) is 0 Å². The minimum atomic E-state index is -0.830. The molecule has 1 saturated carbocycles. The van der Waals surface area contributed by atoms with Gasteiger partial charge in [0, 0.05) is 11.6 Å². The second kappa shape index (κ2) is 9.34. The van der Waals surface area contributed by atoms with Crippen LogP contribution in [-0.4, -0.2) is 35.1 Å². The Balaban J connectivity index is 1.46. The molecule has 3 unspecified atom stereocenters. The maximum atomic E-state index is 12.9. The molecule has 0 spiro atoms. The first-order chi connectivity index (χ1) is 16.2. The van der Waals surface area contributed by atoms with Gasteiger partial charge in [0.25, 0.3) is 5.69 Å². The van der Waals surface area contributed by atoms with E-state index >= 15 is 0 Å². The maximum absolute atomic E-state index is 12.9. The third kappa shape index (κ3) is 4.43. The molecular weight excluding hydrogens is 464 g/mol. The highest BCUT2D eigenvalue weighted by atomic mass is 35.5. The number of hydrogen-bond acceptors (Lipinski definition) is 7. The lowest BCUT2D eigenvalue weighted by molar-refractivity contribution is -0.384. The van der Waals surface area contributed by atoms with Crippen molar-refractivity contribution >= 4 is 46.5 Å². The number of benzene rings is 2. The van der Waals surface area contributed by atoms with Crippen molar-refractivity contribution in [3.63, 3.8) is 0 Å². The minimum absolute atomic E-state index is 0.0252. The number of rotatable bonds is 6. The number of nitrogens with zero attached hydrogens (tertiary/aromatic N) is 2. The summed E-state index contributed by atoms with van der Waals surface area (Å²) >= 11 is 5.75. The van der Waals surface area contributed by atoms with Crippen LogP contribution < -0.4 is 4.90 Å². The molecule has 1 aliphatic heterocycles. The van der Waals surface area contributed by atoms with Crippen LogP contribution in [-0.2, 0) is 14.3 Å². The molecule has 0 aromatic heterocycles. The Hall–Kier alpha value is -3.59. The van der Waals surface area contributed by atoms with Crippen molar-refractivity contribution in [3.05, 3.63) is 68.7 Å². The van der Waals surface area contributed by atoms with Crippen LogP contribution in [0.3, 0.4) is 0 Å². The molecular formula is C24H21ClN2O7. The smallest absolute Gasteiger partial charge is 0.338 e. The number of halogens is 1. The number of nitro benzene ring substituents is 1. The highest BCUT2D eigenvalue weighted by Crippen LogP contribution is 2.42. The summed E-state index contributed by atoms with van der Waals surface area (Å²) in [7, 11) is 0. The largest absolute Gasteiger partial charge is 0.454 e. The number of hydrogen-bond donors (Lipinski definition) is 0. The van der Waals surface area contributed by atoms with Crippen molar-refractivity contribution in [2.24, 2.45) is 17.8 Å². The van der Waals surface area contributed by atoms with Crippen molar-refractivity contribution in [2.45, 2.75) is 26.2 Å². The summed E-state index contributed by atoms with van der Waals surface area (Å²) in [5, 5.41) is 10.9. The van der Waals surface area contributed by atoms with E-state index in [1.165, 1.54) is 30.3 Å². The zero-order chi connectivity index (χ0) is 24.6. The summed E-state index contributed by atoms with van der Waals surface area (Å²) in [4.78, 5) is 62.2. The van der Waals surface area contributed by atoms with E-state index in [4.69, 9.17) is 16.3 Å². The predicted octanol–water partition coefficient (Wildman–Crippen LogP) is 4.21. The Morgan fingerprint density at radius 2 is 1.82 bits per heavy atom. The lowest BCUT2D eigenvalue weighted by Crippen LogP contribution is -2.31. The van der Waals surface area contributed by atoms with Crippen molar-refractivity contribution < 1.29 is 28.8 Å². The van der Waals surface area contributed by atoms with Gasteiger partial charge in [-0.3, -0.25) is 29.4 Å². The van der Waals surface area contributed by atoms with Crippen LogP contribution in [0.1, 0.15) is 46.9 Å². The van der Waals surface area contributed by atoms with Gasteiger partial charge >= 0.3 is 5.97 Å². The summed E-state index contributed by atoms with van der Waals surface area (Å²) in [5.41, 5.74) is -0.105. The van der Waals surface area contributed by atoms with Gasteiger partial charge < -0.3 is 4.74 Å².